The molecule has 0 fully saturated rings. The van der Waals surface area contributed by atoms with E-state index >= 15 is 0 Å². The quantitative estimate of drug-likeness (QED) is 0.772. The Morgan fingerprint density at radius 2 is 2.00 bits per heavy atom. The fraction of sp³-hybridized carbons (Fsp3) is 0.846. The molecule has 0 radical (unpaired) electrons. The summed E-state index contributed by atoms with van der Waals surface area (Å²) in [5.74, 6) is 1.67. The minimum absolute atomic E-state index is 0.0782. The Labute approximate surface area is 109 Å². The van der Waals surface area contributed by atoms with Crippen molar-refractivity contribution in [3.8, 4) is 0 Å². The number of hydrogen-bond donors (Lipinski definition) is 1. The standard InChI is InChI=1S/C13H25N3O2/c1-6-17-12(9(2)3)13-15-11(18-16-13)7-8-14-10(4)5/h9-10,12,14H,6-8H2,1-5H3. The maximum absolute atomic E-state index is 5.64. The summed E-state index contributed by atoms with van der Waals surface area (Å²) in [4.78, 5) is 4.40. The Morgan fingerprint density at radius 1 is 1.28 bits per heavy atom. The van der Waals surface area contributed by atoms with Gasteiger partial charge in [-0.05, 0) is 12.8 Å². The molecule has 18 heavy (non-hydrogen) atoms. The fourth-order valence-corrected chi connectivity index (χ4v) is 1.70. The van der Waals surface area contributed by atoms with Gasteiger partial charge in [0.2, 0.25) is 11.7 Å². The van der Waals surface area contributed by atoms with Gasteiger partial charge in [-0.1, -0.05) is 32.9 Å². The molecule has 1 unspecified atom stereocenters. The normalized spacial score (nSPS) is 13.5. The Bertz CT molecular complexity index is 337. The maximum atomic E-state index is 5.64. The molecule has 104 valence electrons. The van der Waals surface area contributed by atoms with Crippen LogP contribution in [-0.4, -0.2) is 29.3 Å². The maximum Gasteiger partial charge on any atom is 0.228 e. The van der Waals surface area contributed by atoms with E-state index in [-0.39, 0.29) is 6.10 Å². The van der Waals surface area contributed by atoms with E-state index < -0.39 is 0 Å². The summed E-state index contributed by atoms with van der Waals surface area (Å²) in [6.45, 7) is 11.9. The predicted octanol–water partition coefficient (Wildman–Crippen LogP) is 2.34. The van der Waals surface area contributed by atoms with Crippen LogP contribution in [0.3, 0.4) is 0 Å². The van der Waals surface area contributed by atoms with Crippen LogP contribution in [0.2, 0.25) is 0 Å². The summed E-state index contributed by atoms with van der Waals surface area (Å²) in [6, 6.07) is 0.472. The molecule has 0 aliphatic rings. The molecule has 1 N–H and O–H groups in total. The average Bonchev–Trinajstić information content (AvgIpc) is 2.73. The van der Waals surface area contributed by atoms with Gasteiger partial charge in [0.1, 0.15) is 6.10 Å². The van der Waals surface area contributed by atoms with Crippen molar-refractivity contribution in [3.05, 3.63) is 11.7 Å². The van der Waals surface area contributed by atoms with E-state index in [2.05, 4.69) is 43.2 Å². The van der Waals surface area contributed by atoms with Crippen LogP contribution >= 0.6 is 0 Å². The molecule has 0 bridgehead atoms. The van der Waals surface area contributed by atoms with Crippen molar-refractivity contribution in [2.45, 2.75) is 53.2 Å². The largest absolute Gasteiger partial charge is 0.370 e. The number of hydrogen-bond acceptors (Lipinski definition) is 5. The van der Waals surface area contributed by atoms with Gasteiger partial charge in [0.05, 0.1) is 0 Å². The second-order valence-corrected chi connectivity index (χ2v) is 5.03. The van der Waals surface area contributed by atoms with Crippen LogP contribution in [0.25, 0.3) is 0 Å². The van der Waals surface area contributed by atoms with Gasteiger partial charge in [-0.2, -0.15) is 4.98 Å². The zero-order valence-corrected chi connectivity index (χ0v) is 12.1. The number of rotatable bonds is 8. The van der Waals surface area contributed by atoms with Crippen molar-refractivity contribution >= 4 is 0 Å². The highest BCUT2D eigenvalue weighted by Gasteiger charge is 2.21. The van der Waals surface area contributed by atoms with Gasteiger partial charge >= 0.3 is 0 Å². The smallest absolute Gasteiger partial charge is 0.228 e. The third-order valence-electron chi connectivity index (χ3n) is 2.58. The Balaban J connectivity index is 2.55. The van der Waals surface area contributed by atoms with Gasteiger partial charge in [0.15, 0.2) is 0 Å². The first-order valence-corrected chi connectivity index (χ1v) is 6.72. The minimum atomic E-state index is -0.0782. The number of nitrogens with zero attached hydrogens (tertiary/aromatic N) is 2. The highest BCUT2D eigenvalue weighted by molar-refractivity contribution is 4.93. The molecule has 0 saturated heterocycles. The second kappa shape index (κ2) is 7.48. The average molecular weight is 255 g/mol. The summed E-state index contributed by atoms with van der Waals surface area (Å²) in [7, 11) is 0. The highest BCUT2D eigenvalue weighted by Crippen LogP contribution is 2.23. The lowest BCUT2D eigenvalue weighted by Gasteiger charge is -2.16. The molecule has 0 saturated carbocycles. The van der Waals surface area contributed by atoms with E-state index in [9.17, 15) is 0 Å². The van der Waals surface area contributed by atoms with E-state index in [1.165, 1.54) is 0 Å². The lowest BCUT2D eigenvalue weighted by molar-refractivity contribution is 0.0217. The summed E-state index contributed by atoms with van der Waals surface area (Å²) in [5, 5.41) is 7.34. The number of aromatic nitrogens is 2. The Hall–Kier alpha value is -0.940. The van der Waals surface area contributed by atoms with Crippen LogP contribution in [0.15, 0.2) is 4.52 Å². The van der Waals surface area contributed by atoms with Gasteiger partial charge in [-0.15, -0.1) is 0 Å². The van der Waals surface area contributed by atoms with E-state index in [0.717, 1.165) is 13.0 Å². The van der Waals surface area contributed by atoms with Crippen molar-refractivity contribution < 1.29 is 9.26 Å². The van der Waals surface area contributed by atoms with Crippen molar-refractivity contribution in [1.29, 1.82) is 0 Å². The molecule has 1 aromatic heterocycles. The molecule has 5 nitrogen and oxygen atoms in total. The van der Waals surface area contributed by atoms with E-state index in [1.807, 2.05) is 6.92 Å². The predicted molar refractivity (Wildman–Crippen MR) is 70.3 cm³/mol. The first kappa shape index (κ1) is 15.1. The molecule has 0 amide bonds. The first-order chi connectivity index (χ1) is 8.54. The topological polar surface area (TPSA) is 60.2 Å². The summed E-state index contributed by atoms with van der Waals surface area (Å²) < 4.78 is 10.9. The Kier molecular flexibility index (Phi) is 6.29. The monoisotopic (exact) mass is 255 g/mol. The minimum Gasteiger partial charge on any atom is -0.370 e. The summed E-state index contributed by atoms with van der Waals surface area (Å²) >= 11 is 0. The zero-order chi connectivity index (χ0) is 13.5. The summed E-state index contributed by atoms with van der Waals surface area (Å²) in [6.07, 6.45) is 0.674. The molecule has 1 heterocycles. The zero-order valence-electron chi connectivity index (χ0n) is 12.1. The number of ether oxygens (including phenoxy) is 1. The van der Waals surface area contributed by atoms with E-state index in [1.54, 1.807) is 0 Å². The fourth-order valence-electron chi connectivity index (χ4n) is 1.70. The Morgan fingerprint density at radius 3 is 2.56 bits per heavy atom. The van der Waals surface area contributed by atoms with Crippen molar-refractivity contribution in [1.82, 2.24) is 15.5 Å². The molecular weight excluding hydrogens is 230 g/mol. The lowest BCUT2D eigenvalue weighted by atomic mass is 10.1. The third kappa shape index (κ3) is 4.74. The molecule has 0 aliphatic carbocycles. The van der Waals surface area contributed by atoms with Crippen LogP contribution < -0.4 is 5.32 Å². The number of nitrogens with one attached hydrogen (secondary N) is 1. The third-order valence-corrected chi connectivity index (χ3v) is 2.58. The molecule has 1 rings (SSSR count). The SMILES string of the molecule is CCOC(c1noc(CCNC(C)C)n1)C(C)C. The van der Waals surface area contributed by atoms with Crippen molar-refractivity contribution in [3.63, 3.8) is 0 Å². The van der Waals surface area contributed by atoms with Gasteiger partial charge in [-0.25, -0.2) is 0 Å². The van der Waals surface area contributed by atoms with E-state index in [0.29, 0.717) is 30.3 Å². The molecular formula is C13H25N3O2. The van der Waals surface area contributed by atoms with Gasteiger partial charge < -0.3 is 14.6 Å². The van der Waals surface area contributed by atoms with Gasteiger partial charge in [-0.3, -0.25) is 0 Å². The van der Waals surface area contributed by atoms with Crippen LogP contribution in [0.5, 0.6) is 0 Å². The highest BCUT2D eigenvalue weighted by atomic mass is 16.5. The molecule has 5 heteroatoms. The van der Waals surface area contributed by atoms with Gasteiger partial charge in [0.25, 0.3) is 0 Å². The van der Waals surface area contributed by atoms with Gasteiger partial charge in [0, 0.05) is 25.6 Å². The molecule has 0 aromatic carbocycles. The first-order valence-electron chi connectivity index (χ1n) is 6.72. The molecule has 0 aliphatic heterocycles. The van der Waals surface area contributed by atoms with Crippen LogP contribution in [0, 0.1) is 5.92 Å². The van der Waals surface area contributed by atoms with Crippen molar-refractivity contribution in [2.24, 2.45) is 5.92 Å². The van der Waals surface area contributed by atoms with Crippen molar-refractivity contribution in [2.75, 3.05) is 13.2 Å². The lowest BCUT2D eigenvalue weighted by Crippen LogP contribution is -2.25. The summed E-state index contributed by atoms with van der Waals surface area (Å²) in [5.41, 5.74) is 0. The molecule has 1 atom stereocenters. The van der Waals surface area contributed by atoms with E-state index in [4.69, 9.17) is 9.26 Å². The second-order valence-electron chi connectivity index (χ2n) is 5.03. The van der Waals surface area contributed by atoms with Crippen LogP contribution in [-0.2, 0) is 11.2 Å². The molecule has 0 spiro atoms. The van der Waals surface area contributed by atoms with Crippen LogP contribution in [0.1, 0.15) is 52.4 Å². The molecule has 1 aromatic rings. The van der Waals surface area contributed by atoms with Crippen LogP contribution in [0.4, 0.5) is 0 Å².